The van der Waals surface area contributed by atoms with Gasteiger partial charge in [-0.15, -0.1) is 0 Å². The lowest BCUT2D eigenvalue weighted by Crippen LogP contribution is -2.48. The minimum Gasteiger partial charge on any atom is -0.348 e. The lowest BCUT2D eigenvalue weighted by molar-refractivity contribution is -0.128. The van der Waals surface area contributed by atoms with Crippen LogP contribution in [0.2, 0.25) is 0 Å². The molecule has 184 valence electrons. The monoisotopic (exact) mass is 473 g/mol. The summed E-state index contributed by atoms with van der Waals surface area (Å²) in [5.74, 6) is 2.10. The molecule has 0 aliphatic carbocycles. The van der Waals surface area contributed by atoms with Crippen LogP contribution in [0, 0.1) is 0 Å². The summed E-state index contributed by atoms with van der Waals surface area (Å²) in [5.41, 5.74) is 3.31. The number of rotatable bonds is 7. The van der Waals surface area contributed by atoms with Gasteiger partial charge in [0.05, 0.1) is 11.6 Å². The Hall–Kier alpha value is -3.52. The van der Waals surface area contributed by atoms with Crippen molar-refractivity contribution < 1.29 is 4.79 Å². The summed E-state index contributed by atoms with van der Waals surface area (Å²) in [5, 5.41) is 3.44. The van der Waals surface area contributed by atoms with E-state index < -0.39 is 0 Å². The van der Waals surface area contributed by atoms with Gasteiger partial charge in [0.1, 0.15) is 11.6 Å². The van der Waals surface area contributed by atoms with E-state index in [9.17, 15) is 4.79 Å². The van der Waals surface area contributed by atoms with Gasteiger partial charge in [-0.3, -0.25) is 9.69 Å². The molecule has 35 heavy (non-hydrogen) atoms. The number of aromatic nitrogens is 2. The van der Waals surface area contributed by atoms with Crippen LogP contribution in [-0.4, -0.2) is 64.1 Å². The van der Waals surface area contributed by atoms with E-state index in [1.165, 1.54) is 11.6 Å². The first kappa shape index (κ1) is 24.6. The number of hydrogen-bond acceptors (Lipinski definition) is 7. The number of anilines is 2. The molecule has 4 rings (SSSR count). The van der Waals surface area contributed by atoms with Gasteiger partial charge in [0.15, 0.2) is 0 Å². The number of amides is 1. The largest absolute Gasteiger partial charge is 0.348 e. The zero-order valence-corrected chi connectivity index (χ0v) is 21.1. The van der Waals surface area contributed by atoms with Crippen molar-refractivity contribution >= 4 is 23.9 Å². The second-order valence-electron chi connectivity index (χ2n) is 9.38. The molecule has 2 aliphatic rings. The first-order chi connectivity index (χ1) is 16.8. The van der Waals surface area contributed by atoms with E-state index in [0.29, 0.717) is 11.8 Å². The first-order valence-corrected chi connectivity index (χ1v) is 12.2. The fourth-order valence-electron chi connectivity index (χ4n) is 4.62. The van der Waals surface area contributed by atoms with Crippen molar-refractivity contribution in [1.29, 1.82) is 0 Å². The Kier molecular flexibility index (Phi) is 7.31. The average molecular weight is 474 g/mol. The van der Waals surface area contributed by atoms with Crippen molar-refractivity contribution in [2.24, 2.45) is 4.99 Å². The molecular weight excluding hydrogens is 438 g/mol. The Labute approximate surface area is 208 Å². The lowest BCUT2D eigenvalue weighted by atomic mass is 10.0. The highest BCUT2D eigenvalue weighted by Crippen LogP contribution is 2.29. The highest BCUT2D eigenvalue weighted by molar-refractivity contribution is 5.90. The van der Waals surface area contributed by atoms with Crippen LogP contribution < -0.4 is 10.2 Å². The second-order valence-corrected chi connectivity index (χ2v) is 9.38. The number of carbonyl (C=O) groups is 1. The second kappa shape index (κ2) is 10.4. The molecule has 8 nitrogen and oxygen atoms in total. The molecule has 2 aromatic rings. The fraction of sp³-hybridized carbons (Fsp3) is 0.407. The molecular formula is C27H35N7O. The van der Waals surface area contributed by atoms with Gasteiger partial charge in [0, 0.05) is 50.7 Å². The number of fused-ring (bicyclic) bond motifs is 1. The van der Waals surface area contributed by atoms with Crippen molar-refractivity contribution in [1.82, 2.24) is 19.8 Å². The SMILES string of the molecule is C=CC(=O)N1CCN(C(C)c2ccc([C@H](C)Nc3ncc4c(n3)N(C(C)C)C(=C)N=C4)cc2)CC1. The Morgan fingerprint density at radius 1 is 1.06 bits per heavy atom. The molecule has 0 radical (unpaired) electrons. The molecule has 1 aromatic carbocycles. The Morgan fingerprint density at radius 3 is 2.34 bits per heavy atom. The summed E-state index contributed by atoms with van der Waals surface area (Å²) in [7, 11) is 0. The number of hydrogen-bond donors (Lipinski definition) is 1. The van der Waals surface area contributed by atoms with Crippen LogP contribution in [0.15, 0.2) is 60.5 Å². The fourth-order valence-corrected chi connectivity index (χ4v) is 4.62. The highest BCUT2D eigenvalue weighted by atomic mass is 16.2. The summed E-state index contributed by atoms with van der Waals surface area (Å²) in [4.78, 5) is 31.8. The van der Waals surface area contributed by atoms with Crippen molar-refractivity contribution in [3.05, 3.63) is 72.2 Å². The summed E-state index contributed by atoms with van der Waals surface area (Å²) >= 11 is 0. The topological polar surface area (TPSA) is 77.0 Å². The van der Waals surface area contributed by atoms with Gasteiger partial charge in [0.25, 0.3) is 0 Å². The third kappa shape index (κ3) is 5.27. The van der Waals surface area contributed by atoms with E-state index >= 15 is 0 Å². The molecule has 0 spiro atoms. The predicted octanol–water partition coefficient (Wildman–Crippen LogP) is 4.16. The van der Waals surface area contributed by atoms with E-state index in [4.69, 9.17) is 4.98 Å². The van der Waals surface area contributed by atoms with Crippen LogP contribution >= 0.6 is 0 Å². The van der Waals surface area contributed by atoms with Crippen LogP contribution in [0.5, 0.6) is 0 Å². The normalized spacial score (nSPS) is 17.8. The van der Waals surface area contributed by atoms with Crippen LogP contribution in [0.1, 0.15) is 56.5 Å². The van der Waals surface area contributed by atoms with Crippen LogP contribution in [-0.2, 0) is 4.79 Å². The third-order valence-corrected chi connectivity index (χ3v) is 6.78. The smallest absolute Gasteiger partial charge is 0.246 e. The lowest BCUT2D eigenvalue weighted by Gasteiger charge is -2.38. The Morgan fingerprint density at radius 2 is 1.71 bits per heavy atom. The van der Waals surface area contributed by atoms with Gasteiger partial charge in [0.2, 0.25) is 11.9 Å². The quantitative estimate of drug-likeness (QED) is 0.609. The number of nitrogens with zero attached hydrogens (tertiary/aromatic N) is 6. The third-order valence-electron chi connectivity index (χ3n) is 6.78. The van der Waals surface area contributed by atoms with Crippen molar-refractivity contribution in [2.75, 3.05) is 36.4 Å². The van der Waals surface area contributed by atoms with Gasteiger partial charge in [-0.1, -0.05) is 37.4 Å². The van der Waals surface area contributed by atoms with Crippen molar-refractivity contribution in [2.45, 2.75) is 45.8 Å². The first-order valence-electron chi connectivity index (χ1n) is 12.2. The van der Waals surface area contributed by atoms with E-state index in [1.807, 2.05) is 9.80 Å². The van der Waals surface area contributed by atoms with Gasteiger partial charge in [-0.05, 0) is 44.9 Å². The number of carbonyl (C=O) groups excluding carboxylic acids is 1. The minimum atomic E-state index is 0.0148. The zero-order valence-electron chi connectivity index (χ0n) is 21.1. The molecule has 0 bridgehead atoms. The highest BCUT2D eigenvalue weighted by Gasteiger charge is 2.25. The molecule has 1 fully saturated rings. The van der Waals surface area contributed by atoms with Gasteiger partial charge in [-0.25, -0.2) is 9.98 Å². The van der Waals surface area contributed by atoms with E-state index in [-0.39, 0.29) is 24.0 Å². The van der Waals surface area contributed by atoms with Gasteiger partial charge < -0.3 is 15.1 Å². The molecule has 1 aromatic heterocycles. The summed E-state index contributed by atoms with van der Waals surface area (Å²) in [6.07, 6.45) is 4.96. The van der Waals surface area contributed by atoms with Gasteiger partial charge >= 0.3 is 0 Å². The maximum atomic E-state index is 11.8. The molecule has 2 atom stereocenters. The van der Waals surface area contributed by atoms with Gasteiger partial charge in [-0.2, -0.15) is 4.98 Å². The van der Waals surface area contributed by atoms with E-state index in [0.717, 1.165) is 43.1 Å². The van der Waals surface area contributed by atoms with Crippen molar-refractivity contribution in [3.63, 3.8) is 0 Å². The van der Waals surface area contributed by atoms with Crippen molar-refractivity contribution in [3.8, 4) is 0 Å². The molecule has 2 aliphatic heterocycles. The van der Waals surface area contributed by atoms with E-state index in [1.54, 1.807) is 12.4 Å². The number of benzene rings is 1. The van der Waals surface area contributed by atoms with Crippen LogP contribution in [0.4, 0.5) is 11.8 Å². The van der Waals surface area contributed by atoms with Crippen LogP contribution in [0.25, 0.3) is 0 Å². The zero-order chi connectivity index (χ0) is 25.1. The molecule has 8 heteroatoms. The average Bonchev–Trinajstić information content (AvgIpc) is 2.87. The standard InChI is InChI=1S/C27H35N7O/c1-7-25(35)33-14-12-32(13-15-33)20(5)23-10-8-22(9-11-23)19(4)30-27-29-17-24-16-28-21(6)34(18(2)3)26(24)31-27/h7-11,16-20H,1,6,12-15H2,2-5H3,(H,29,30,31)/t19-,20?/m0/s1. The maximum absolute atomic E-state index is 11.8. The number of piperazine rings is 1. The van der Waals surface area contributed by atoms with Crippen LogP contribution in [0.3, 0.4) is 0 Å². The Balaban J connectivity index is 1.40. The Bertz CT molecular complexity index is 1120. The molecule has 1 amide bonds. The predicted molar refractivity (Wildman–Crippen MR) is 142 cm³/mol. The maximum Gasteiger partial charge on any atom is 0.246 e. The minimum absolute atomic E-state index is 0.0148. The molecule has 1 unspecified atom stereocenters. The summed E-state index contributed by atoms with van der Waals surface area (Å²) in [6.45, 7) is 19.4. The number of nitrogens with one attached hydrogen (secondary N) is 1. The molecule has 1 saturated heterocycles. The summed E-state index contributed by atoms with van der Waals surface area (Å²) < 4.78 is 0. The molecule has 0 saturated carbocycles. The molecule has 1 N–H and O–H groups in total. The van der Waals surface area contributed by atoms with E-state index in [2.05, 4.69) is 85.3 Å². The summed E-state index contributed by atoms with van der Waals surface area (Å²) in [6, 6.07) is 9.22. The molecule has 3 heterocycles. The number of aliphatic imine (C=N–C) groups is 1.